The van der Waals surface area contributed by atoms with Crippen LogP contribution in [-0.4, -0.2) is 32.8 Å². The average Bonchev–Trinajstić information content (AvgIpc) is 2.77. The molecular formula is C11H17Cl2N3OS. The van der Waals surface area contributed by atoms with Gasteiger partial charge in [-0.15, -0.1) is 28.3 Å². The van der Waals surface area contributed by atoms with Crippen LogP contribution in [-0.2, 0) is 5.41 Å². The first-order valence-corrected chi connectivity index (χ1v) is 7.35. The van der Waals surface area contributed by atoms with Gasteiger partial charge in [-0.1, -0.05) is 25.3 Å². The van der Waals surface area contributed by atoms with Crippen LogP contribution in [0, 0.1) is 0 Å². The van der Waals surface area contributed by atoms with E-state index in [0.29, 0.717) is 10.6 Å². The highest BCUT2D eigenvalue weighted by Crippen LogP contribution is 2.26. The fraction of sp³-hybridized carbons (Fsp3) is 0.727. The van der Waals surface area contributed by atoms with Crippen molar-refractivity contribution >= 4 is 40.6 Å². The van der Waals surface area contributed by atoms with Crippen molar-refractivity contribution in [3.8, 4) is 0 Å². The monoisotopic (exact) mass is 309 g/mol. The summed E-state index contributed by atoms with van der Waals surface area (Å²) in [6.07, 6.45) is 0. The molecule has 0 bridgehead atoms. The fourth-order valence-electron chi connectivity index (χ4n) is 1.26. The Morgan fingerprint density at radius 3 is 2.28 bits per heavy atom. The molecule has 1 rings (SSSR count). The lowest BCUT2D eigenvalue weighted by atomic mass is 9.91. The number of nitrogens with zero attached hydrogens (tertiary/aromatic N) is 2. The molecule has 0 aliphatic heterocycles. The normalized spacial score (nSPS) is 12.6. The molecule has 1 N–H and O–H groups in total. The molecule has 1 amide bonds. The lowest BCUT2D eigenvalue weighted by Gasteiger charge is -2.26. The largest absolute Gasteiger partial charge is 0.344 e. The first-order valence-electron chi connectivity index (χ1n) is 5.51. The quantitative estimate of drug-likeness (QED) is 0.870. The number of rotatable bonds is 4. The number of aromatic nitrogens is 2. The van der Waals surface area contributed by atoms with Crippen molar-refractivity contribution in [1.82, 2.24) is 14.9 Å². The van der Waals surface area contributed by atoms with Crippen LogP contribution in [0.1, 0.15) is 43.1 Å². The molecule has 18 heavy (non-hydrogen) atoms. The number of nitrogens with one attached hydrogen (secondary N) is 1. The molecule has 0 aromatic carbocycles. The molecule has 0 aliphatic rings. The Balaban J connectivity index is 2.96. The zero-order valence-corrected chi connectivity index (χ0v) is 13.2. The SMILES string of the molecule is CC(CCl)(CCl)NC(=O)c1snnc1C(C)(C)C. The Hall–Kier alpha value is -0.390. The van der Waals surface area contributed by atoms with Crippen molar-refractivity contribution in [2.45, 2.75) is 38.6 Å². The molecule has 0 spiro atoms. The number of alkyl halides is 2. The topological polar surface area (TPSA) is 54.9 Å². The maximum Gasteiger partial charge on any atom is 0.265 e. The second-order valence-corrected chi connectivity index (χ2v) is 6.77. The van der Waals surface area contributed by atoms with Crippen LogP contribution in [0.2, 0.25) is 0 Å². The Bertz CT molecular complexity index is 424. The predicted molar refractivity (Wildman–Crippen MR) is 75.9 cm³/mol. The molecule has 1 heterocycles. The van der Waals surface area contributed by atoms with Gasteiger partial charge in [0.1, 0.15) is 4.88 Å². The summed E-state index contributed by atoms with van der Waals surface area (Å²) in [7, 11) is 0. The molecule has 0 unspecified atom stereocenters. The smallest absolute Gasteiger partial charge is 0.265 e. The van der Waals surface area contributed by atoms with E-state index in [1.807, 2.05) is 20.8 Å². The van der Waals surface area contributed by atoms with Crippen LogP contribution in [0.3, 0.4) is 0 Å². The number of hydrogen-bond donors (Lipinski definition) is 1. The molecule has 0 fully saturated rings. The molecule has 7 heteroatoms. The van der Waals surface area contributed by atoms with Crippen molar-refractivity contribution in [1.29, 1.82) is 0 Å². The van der Waals surface area contributed by atoms with Gasteiger partial charge in [0.25, 0.3) is 5.91 Å². The van der Waals surface area contributed by atoms with Crippen molar-refractivity contribution < 1.29 is 4.79 Å². The standard InChI is InChI=1S/C11H17Cl2N3OS/c1-10(2,3)8-7(18-16-15-8)9(17)14-11(4,5-12)6-13/h5-6H2,1-4H3,(H,14,17). The lowest BCUT2D eigenvalue weighted by molar-refractivity contribution is 0.0923. The number of carbonyl (C=O) groups is 1. The first-order chi connectivity index (χ1) is 8.23. The number of amides is 1. The zero-order chi connectivity index (χ0) is 14.0. The Labute approximate surface area is 121 Å². The third kappa shape index (κ3) is 3.56. The minimum Gasteiger partial charge on any atom is -0.344 e. The van der Waals surface area contributed by atoms with Crippen molar-refractivity contribution in [2.24, 2.45) is 0 Å². The third-order valence-electron chi connectivity index (χ3n) is 2.41. The summed E-state index contributed by atoms with van der Waals surface area (Å²) in [6, 6.07) is 0. The summed E-state index contributed by atoms with van der Waals surface area (Å²) >= 11 is 12.7. The van der Waals surface area contributed by atoms with E-state index in [2.05, 4.69) is 14.9 Å². The molecule has 0 aliphatic carbocycles. The summed E-state index contributed by atoms with van der Waals surface area (Å²) in [5.41, 5.74) is -0.159. The van der Waals surface area contributed by atoms with Crippen LogP contribution in [0.25, 0.3) is 0 Å². The molecule has 0 atom stereocenters. The van der Waals surface area contributed by atoms with Gasteiger partial charge in [0, 0.05) is 17.2 Å². The van der Waals surface area contributed by atoms with E-state index in [1.165, 1.54) is 0 Å². The highest BCUT2D eigenvalue weighted by molar-refractivity contribution is 7.08. The maximum atomic E-state index is 12.2. The van der Waals surface area contributed by atoms with Crippen LogP contribution in [0.5, 0.6) is 0 Å². The maximum absolute atomic E-state index is 12.2. The molecule has 1 aromatic rings. The molecule has 4 nitrogen and oxygen atoms in total. The molecule has 1 aromatic heterocycles. The van der Waals surface area contributed by atoms with Gasteiger partial charge in [-0.2, -0.15) is 0 Å². The van der Waals surface area contributed by atoms with Crippen LogP contribution in [0.4, 0.5) is 0 Å². The molecule has 0 saturated carbocycles. The zero-order valence-electron chi connectivity index (χ0n) is 10.9. The van der Waals surface area contributed by atoms with Gasteiger partial charge in [0.2, 0.25) is 0 Å². The van der Waals surface area contributed by atoms with Gasteiger partial charge >= 0.3 is 0 Å². The molecular weight excluding hydrogens is 293 g/mol. The van der Waals surface area contributed by atoms with E-state index in [0.717, 1.165) is 11.5 Å². The first kappa shape index (κ1) is 15.7. The van der Waals surface area contributed by atoms with Crippen molar-refractivity contribution in [3.05, 3.63) is 10.6 Å². The molecule has 0 radical (unpaired) electrons. The highest BCUT2D eigenvalue weighted by Gasteiger charge is 2.30. The Morgan fingerprint density at radius 1 is 1.28 bits per heavy atom. The van der Waals surface area contributed by atoms with Gasteiger partial charge in [0.15, 0.2) is 0 Å². The number of halogens is 2. The lowest BCUT2D eigenvalue weighted by Crippen LogP contribution is -2.49. The van der Waals surface area contributed by atoms with Gasteiger partial charge in [-0.25, -0.2) is 0 Å². The minimum absolute atomic E-state index is 0.223. The van der Waals surface area contributed by atoms with Gasteiger partial charge in [0.05, 0.1) is 11.2 Å². The molecule has 0 saturated heterocycles. The average molecular weight is 310 g/mol. The summed E-state index contributed by atoms with van der Waals surface area (Å²) in [4.78, 5) is 12.7. The predicted octanol–water partition coefficient (Wildman–Crippen LogP) is 2.80. The van der Waals surface area contributed by atoms with E-state index in [-0.39, 0.29) is 23.1 Å². The van der Waals surface area contributed by atoms with E-state index >= 15 is 0 Å². The van der Waals surface area contributed by atoms with Crippen LogP contribution < -0.4 is 5.32 Å². The highest BCUT2D eigenvalue weighted by atomic mass is 35.5. The second kappa shape index (κ2) is 5.72. The van der Waals surface area contributed by atoms with E-state index in [4.69, 9.17) is 23.2 Å². The van der Waals surface area contributed by atoms with Crippen LogP contribution >= 0.6 is 34.7 Å². The summed E-state index contributed by atoms with van der Waals surface area (Å²) in [6.45, 7) is 7.77. The minimum atomic E-state index is -0.626. The Kier molecular flexibility index (Phi) is 4.98. The summed E-state index contributed by atoms with van der Waals surface area (Å²) in [5, 5.41) is 6.87. The fourth-order valence-corrected chi connectivity index (χ4v) is 2.45. The van der Waals surface area contributed by atoms with Crippen molar-refractivity contribution in [2.75, 3.05) is 11.8 Å². The van der Waals surface area contributed by atoms with Gasteiger partial charge in [-0.3, -0.25) is 4.79 Å². The van der Waals surface area contributed by atoms with E-state index in [9.17, 15) is 4.79 Å². The number of hydrogen-bond acceptors (Lipinski definition) is 4. The number of carbonyl (C=O) groups excluding carboxylic acids is 1. The molecule has 102 valence electrons. The van der Waals surface area contributed by atoms with Crippen LogP contribution in [0.15, 0.2) is 0 Å². The van der Waals surface area contributed by atoms with Crippen molar-refractivity contribution in [3.63, 3.8) is 0 Å². The second-order valence-electron chi connectivity index (χ2n) is 5.48. The Morgan fingerprint density at radius 2 is 1.83 bits per heavy atom. The van der Waals surface area contributed by atoms with E-state index in [1.54, 1.807) is 6.92 Å². The van der Waals surface area contributed by atoms with Gasteiger partial charge in [-0.05, 0) is 18.5 Å². The summed E-state index contributed by atoms with van der Waals surface area (Å²) in [5.74, 6) is 0.275. The van der Waals surface area contributed by atoms with Gasteiger partial charge < -0.3 is 5.32 Å². The summed E-state index contributed by atoms with van der Waals surface area (Å²) < 4.78 is 3.86. The van der Waals surface area contributed by atoms with E-state index < -0.39 is 5.54 Å². The third-order valence-corrected chi connectivity index (χ3v) is 4.31.